The maximum atomic E-state index is 6.13. The molecule has 9 heteroatoms. The van der Waals surface area contributed by atoms with E-state index in [4.69, 9.17) is 15.2 Å². The van der Waals surface area contributed by atoms with Gasteiger partial charge < -0.3 is 19.8 Å². The largest absolute Gasteiger partial charge is 0.382 e. The van der Waals surface area contributed by atoms with Crippen LogP contribution < -0.4 is 5.73 Å². The van der Waals surface area contributed by atoms with Gasteiger partial charge in [0.25, 0.3) is 0 Å². The first-order valence-corrected chi connectivity index (χ1v) is 9.69. The van der Waals surface area contributed by atoms with Gasteiger partial charge >= 0.3 is 0 Å². The van der Waals surface area contributed by atoms with Crippen LogP contribution in [0.2, 0.25) is 0 Å². The zero-order valence-corrected chi connectivity index (χ0v) is 15.3. The highest BCUT2D eigenvalue weighted by Crippen LogP contribution is 2.44. The molecule has 0 amide bonds. The van der Waals surface area contributed by atoms with Gasteiger partial charge in [0.1, 0.15) is 22.0 Å². The van der Waals surface area contributed by atoms with Crippen LogP contribution in [0.5, 0.6) is 0 Å². The van der Waals surface area contributed by atoms with E-state index in [0.29, 0.717) is 24.5 Å². The van der Waals surface area contributed by atoms with Crippen molar-refractivity contribution < 1.29 is 9.47 Å². The van der Waals surface area contributed by atoms with Crippen molar-refractivity contribution in [3.63, 3.8) is 0 Å². The molecular formula is C14H21N5O2S2. The van der Waals surface area contributed by atoms with Gasteiger partial charge in [-0.25, -0.2) is 15.0 Å². The standard InChI is InChI=1S/C14H21N5O2S2/c1-13(2)20-5-9(21-13)14(22-3,23-4)6-19-8-18-10-11(15)16-7-17-12(10)19/h7-9H,5-6H2,1-4H3,(H2,15,16,17)/t9-/m0/s1. The number of nitrogen functional groups attached to an aromatic ring is 1. The molecule has 1 aliphatic heterocycles. The van der Waals surface area contributed by atoms with Crippen LogP contribution in [0, 0.1) is 0 Å². The van der Waals surface area contributed by atoms with E-state index < -0.39 is 5.79 Å². The molecule has 2 aromatic heterocycles. The van der Waals surface area contributed by atoms with E-state index in [9.17, 15) is 0 Å². The summed E-state index contributed by atoms with van der Waals surface area (Å²) in [6.07, 6.45) is 7.38. The lowest BCUT2D eigenvalue weighted by atomic mass is 10.2. The van der Waals surface area contributed by atoms with Gasteiger partial charge in [0.2, 0.25) is 0 Å². The van der Waals surface area contributed by atoms with E-state index in [1.807, 2.05) is 18.4 Å². The van der Waals surface area contributed by atoms with Crippen LogP contribution in [0.1, 0.15) is 13.8 Å². The monoisotopic (exact) mass is 355 g/mol. The van der Waals surface area contributed by atoms with E-state index in [-0.39, 0.29) is 10.2 Å². The zero-order valence-electron chi connectivity index (χ0n) is 13.6. The van der Waals surface area contributed by atoms with Crippen LogP contribution in [0.3, 0.4) is 0 Å². The lowest BCUT2D eigenvalue weighted by molar-refractivity contribution is -0.139. The van der Waals surface area contributed by atoms with Gasteiger partial charge in [-0.15, -0.1) is 23.5 Å². The number of hydrogen-bond acceptors (Lipinski definition) is 8. The molecule has 0 unspecified atom stereocenters. The van der Waals surface area contributed by atoms with Crippen molar-refractivity contribution in [1.82, 2.24) is 19.5 Å². The lowest BCUT2D eigenvalue weighted by Gasteiger charge is -2.35. The first kappa shape index (κ1) is 16.8. The van der Waals surface area contributed by atoms with Gasteiger partial charge in [0.05, 0.1) is 19.5 Å². The average Bonchev–Trinajstić information content (AvgIpc) is 3.09. The Morgan fingerprint density at radius 2 is 2.09 bits per heavy atom. The molecule has 3 rings (SSSR count). The SMILES string of the molecule is CSC(Cn1cnc2c(N)ncnc21)(SC)[C@@H]1COC(C)(C)O1. The number of hydrogen-bond donors (Lipinski definition) is 1. The minimum absolute atomic E-state index is 0.0286. The number of nitrogens with zero attached hydrogens (tertiary/aromatic N) is 4. The average molecular weight is 355 g/mol. The second kappa shape index (κ2) is 6.12. The third kappa shape index (κ3) is 3.02. The summed E-state index contributed by atoms with van der Waals surface area (Å²) in [5.74, 6) is -0.153. The van der Waals surface area contributed by atoms with Gasteiger partial charge in [-0.1, -0.05) is 0 Å². The van der Waals surface area contributed by atoms with Crippen molar-refractivity contribution in [3.05, 3.63) is 12.7 Å². The molecule has 23 heavy (non-hydrogen) atoms. The first-order valence-electron chi connectivity index (χ1n) is 7.24. The second-order valence-electron chi connectivity index (χ2n) is 5.84. The molecule has 2 N–H and O–H groups in total. The zero-order chi connectivity index (χ0) is 16.7. The molecule has 1 fully saturated rings. The third-order valence-corrected chi connectivity index (χ3v) is 7.18. The number of rotatable bonds is 5. The van der Waals surface area contributed by atoms with E-state index in [2.05, 4.69) is 27.5 Å². The molecule has 0 bridgehead atoms. The Labute approximate surface area is 143 Å². The molecule has 0 saturated carbocycles. The molecule has 0 aromatic carbocycles. The van der Waals surface area contributed by atoms with Gasteiger partial charge in [-0.2, -0.15) is 0 Å². The fourth-order valence-electron chi connectivity index (χ4n) is 2.73. The number of ether oxygens (including phenoxy) is 2. The molecule has 7 nitrogen and oxygen atoms in total. The van der Waals surface area contributed by atoms with E-state index in [1.165, 1.54) is 6.33 Å². The highest BCUT2D eigenvalue weighted by molar-refractivity contribution is 8.17. The fourth-order valence-corrected chi connectivity index (χ4v) is 4.69. The maximum absolute atomic E-state index is 6.13. The van der Waals surface area contributed by atoms with Crippen LogP contribution in [0.4, 0.5) is 5.82 Å². The molecule has 126 valence electrons. The van der Waals surface area contributed by atoms with Crippen LogP contribution >= 0.6 is 23.5 Å². The lowest BCUT2D eigenvalue weighted by Crippen LogP contribution is -2.42. The number of thioether (sulfide) groups is 2. The van der Waals surface area contributed by atoms with Crippen molar-refractivity contribution in [3.8, 4) is 0 Å². The second-order valence-corrected chi connectivity index (χ2v) is 8.37. The molecule has 1 atom stereocenters. The Morgan fingerprint density at radius 3 is 2.70 bits per heavy atom. The summed E-state index contributed by atoms with van der Waals surface area (Å²) in [5, 5.41) is 0. The third-order valence-electron chi connectivity index (χ3n) is 4.01. The Hall–Kier alpha value is -1.03. The minimum atomic E-state index is -0.551. The molecule has 0 spiro atoms. The highest BCUT2D eigenvalue weighted by atomic mass is 32.2. The van der Waals surface area contributed by atoms with Crippen molar-refractivity contribution in [1.29, 1.82) is 0 Å². The minimum Gasteiger partial charge on any atom is -0.382 e. The van der Waals surface area contributed by atoms with Crippen molar-refractivity contribution in [2.75, 3.05) is 24.9 Å². The number of aromatic nitrogens is 4. The summed E-state index contributed by atoms with van der Waals surface area (Å²) in [7, 11) is 0. The van der Waals surface area contributed by atoms with E-state index in [0.717, 1.165) is 5.65 Å². The smallest absolute Gasteiger partial charge is 0.165 e. The fraction of sp³-hybridized carbons (Fsp3) is 0.643. The molecule has 0 radical (unpaired) electrons. The predicted molar refractivity (Wildman–Crippen MR) is 94.4 cm³/mol. The Morgan fingerprint density at radius 1 is 1.35 bits per heavy atom. The number of nitrogens with two attached hydrogens (primary N) is 1. The maximum Gasteiger partial charge on any atom is 0.165 e. The molecule has 1 saturated heterocycles. The summed E-state index contributed by atoms with van der Waals surface area (Å²) in [5.41, 5.74) is 7.24. The molecule has 0 aliphatic carbocycles. The van der Waals surface area contributed by atoms with Gasteiger partial charge in [0, 0.05) is 0 Å². The molecule has 1 aliphatic rings. The normalized spacial score (nSPS) is 21.1. The summed E-state index contributed by atoms with van der Waals surface area (Å²) < 4.78 is 13.7. The summed E-state index contributed by atoms with van der Waals surface area (Å²) in [6.45, 7) is 5.14. The number of anilines is 1. The quantitative estimate of drug-likeness (QED) is 0.815. The Bertz CT molecular complexity index is 702. The van der Waals surface area contributed by atoms with Crippen LogP contribution in [0.15, 0.2) is 12.7 Å². The summed E-state index contributed by atoms with van der Waals surface area (Å²) in [4.78, 5) is 12.7. The van der Waals surface area contributed by atoms with Gasteiger partial charge in [0.15, 0.2) is 17.3 Å². The Balaban J connectivity index is 1.94. The number of fused-ring (bicyclic) bond motifs is 1. The van der Waals surface area contributed by atoms with Crippen LogP contribution in [-0.2, 0) is 16.0 Å². The predicted octanol–water partition coefficient (Wildman–Crippen LogP) is 1.98. The van der Waals surface area contributed by atoms with Crippen LogP contribution in [0.25, 0.3) is 11.2 Å². The van der Waals surface area contributed by atoms with Crippen molar-refractivity contribution in [2.45, 2.75) is 36.4 Å². The number of imidazole rings is 1. The van der Waals surface area contributed by atoms with Crippen LogP contribution in [-0.4, -0.2) is 54.6 Å². The summed E-state index contributed by atoms with van der Waals surface area (Å²) >= 11 is 3.52. The highest BCUT2D eigenvalue weighted by Gasteiger charge is 2.47. The molecule has 3 heterocycles. The summed E-state index contributed by atoms with van der Waals surface area (Å²) in [6, 6.07) is 0. The van der Waals surface area contributed by atoms with Gasteiger partial charge in [-0.3, -0.25) is 0 Å². The van der Waals surface area contributed by atoms with Crippen molar-refractivity contribution >= 4 is 40.5 Å². The van der Waals surface area contributed by atoms with E-state index >= 15 is 0 Å². The van der Waals surface area contributed by atoms with Gasteiger partial charge in [-0.05, 0) is 26.4 Å². The topological polar surface area (TPSA) is 88.1 Å². The van der Waals surface area contributed by atoms with E-state index in [1.54, 1.807) is 29.9 Å². The van der Waals surface area contributed by atoms with Crippen molar-refractivity contribution in [2.24, 2.45) is 0 Å². The Kier molecular flexibility index (Phi) is 4.47. The molecular weight excluding hydrogens is 334 g/mol. The first-order chi connectivity index (χ1) is 10.9. The molecule has 2 aromatic rings.